The van der Waals surface area contributed by atoms with Gasteiger partial charge in [0.15, 0.2) is 0 Å². The maximum atomic E-state index is 3.68. The summed E-state index contributed by atoms with van der Waals surface area (Å²) in [6.45, 7) is 14.9. The van der Waals surface area contributed by atoms with Crippen LogP contribution in [0.4, 0.5) is 0 Å². The maximum Gasteiger partial charge on any atom is 0.0178 e. The highest BCUT2D eigenvalue weighted by atomic mass is 15.0. The van der Waals surface area contributed by atoms with E-state index in [4.69, 9.17) is 0 Å². The van der Waals surface area contributed by atoms with Crippen molar-refractivity contribution in [3.63, 3.8) is 0 Å². The molecule has 0 radical (unpaired) electrons. The fourth-order valence-corrected chi connectivity index (χ4v) is 1.77. The Balaban J connectivity index is 4.16. The van der Waals surface area contributed by atoms with Crippen LogP contribution in [0.5, 0.6) is 0 Å². The van der Waals surface area contributed by atoms with Gasteiger partial charge in [-0.2, -0.15) is 0 Å². The van der Waals surface area contributed by atoms with Crippen molar-refractivity contribution in [1.29, 1.82) is 0 Å². The molecule has 0 saturated carbocycles. The first-order valence-electron chi connectivity index (χ1n) is 5.67. The largest absolute Gasteiger partial charge is 0.311 e. The van der Waals surface area contributed by atoms with Gasteiger partial charge in [0.1, 0.15) is 0 Å². The lowest BCUT2D eigenvalue weighted by molar-refractivity contribution is 0.217. The van der Waals surface area contributed by atoms with Crippen LogP contribution in [0.1, 0.15) is 54.4 Å². The van der Waals surface area contributed by atoms with E-state index >= 15 is 0 Å². The molecule has 1 atom stereocenters. The SMILES string of the molecule is CCCN[C@@](C)(CC(C)C)C(C)C. The highest BCUT2D eigenvalue weighted by Gasteiger charge is 2.27. The van der Waals surface area contributed by atoms with Crippen LogP contribution in [0.2, 0.25) is 0 Å². The molecule has 0 aromatic heterocycles. The monoisotopic (exact) mass is 185 g/mol. The average molecular weight is 185 g/mol. The first-order valence-corrected chi connectivity index (χ1v) is 5.67. The Kier molecular flexibility index (Phi) is 5.62. The van der Waals surface area contributed by atoms with E-state index in [0.29, 0.717) is 11.5 Å². The lowest BCUT2D eigenvalue weighted by atomic mass is 9.81. The van der Waals surface area contributed by atoms with Crippen LogP contribution in [0.3, 0.4) is 0 Å². The van der Waals surface area contributed by atoms with Crippen molar-refractivity contribution in [3.05, 3.63) is 0 Å². The molecular formula is C12H27N. The zero-order valence-electron chi connectivity index (χ0n) is 10.3. The molecule has 80 valence electrons. The van der Waals surface area contributed by atoms with Crippen molar-refractivity contribution in [3.8, 4) is 0 Å². The Morgan fingerprint density at radius 1 is 1.15 bits per heavy atom. The van der Waals surface area contributed by atoms with Crippen molar-refractivity contribution in [2.24, 2.45) is 11.8 Å². The van der Waals surface area contributed by atoms with Gasteiger partial charge in [0.05, 0.1) is 0 Å². The number of hydrogen-bond donors (Lipinski definition) is 1. The summed E-state index contributed by atoms with van der Waals surface area (Å²) >= 11 is 0. The van der Waals surface area contributed by atoms with Gasteiger partial charge in [-0.3, -0.25) is 0 Å². The highest BCUT2D eigenvalue weighted by Crippen LogP contribution is 2.24. The number of rotatable bonds is 6. The van der Waals surface area contributed by atoms with E-state index in [1.54, 1.807) is 0 Å². The third-order valence-electron chi connectivity index (χ3n) is 2.89. The Morgan fingerprint density at radius 2 is 1.69 bits per heavy atom. The van der Waals surface area contributed by atoms with Gasteiger partial charge in [-0.25, -0.2) is 0 Å². The molecule has 0 aromatic rings. The molecule has 0 aliphatic rings. The Morgan fingerprint density at radius 3 is 2.00 bits per heavy atom. The van der Waals surface area contributed by atoms with Gasteiger partial charge in [0.2, 0.25) is 0 Å². The van der Waals surface area contributed by atoms with E-state index in [2.05, 4.69) is 46.9 Å². The van der Waals surface area contributed by atoms with Gasteiger partial charge in [-0.15, -0.1) is 0 Å². The minimum Gasteiger partial charge on any atom is -0.311 e. The van der Waals surface area contributed by atoms with E-state index in [0.717, 1.165) is 12.5 Å². The lowest BCUT2D eigenvalue weighted by Crippen LogP contribution is -2.48. The topological polar surface area (TPSA) is 12.0 Å². The molecule has 0 aliphatic carbocycles. The zero-order valence-corrected chi connectivity index (χ0v) is 10.3. The van der Waals surface area contributed by atoms with Gasteiger partial charge in [0.25, 0.3) is 0 Å². The van der Waals surface area contributed by atoms with Crippen molar-refractivity contribution in [2.45, 2.75) is 59.9 Å². The molecule has 0 rings (SSSR count). The lowest BCUT2D eigenvalue weighted by Gasteiger charge is -2.36. The molecule has 0 spiro atoms. The molecule has 13 heavy (non-hydrogen) atoms. The molecule has 0 saturated heterocycles. The summed E-state index contributed by atoms with van der Waals surface area (Å²) in [5.41, 5.74) is 0.324. The second kappa shape index (κ2) is 5.64. The van der Waals surface area contributed by atoms with Crippen LogP contribution in [0, 0.1) is 11.8 Å². The molecule has 0 bridgehead atoms. The highest BCUT2D eigenvalue weighted by molar-refractivity contribution is 4.86. The molecule has 0 heterocycles. The third-order valence-corrected chi connectivity index (χ3v) is 2.89. The second-order valence-corrected chi connectivity index (χ2v) is 5.10. The molecule has 0 amide bonds. The molecule has 1 nitrogen and oxygen atoms in total. The molecule has 1 heteroatoms. The normalized spacial score (nSPS) is 16.6. The first-order chi connectivity index (χ1) is 5.92. The van der Waals surface area contributed by atoms with Crippen LogP contribution >= 0.6 is 0 Å². The average Bonchev–Trinajstić information content (AvgIpc) is 1.99. The Hall–Kier alpha value is -0.0400. The molecule has 0 unspecified atom stereocenters. The standard InChI is InChI=1S/C12H27N/c1-7-8-13-12(6,11(4)5)9-10(2)3/h10-11,13H,7-9H2,1-6H3/t12-/m0/s1. The second-order valence-electron chi connectivity index (χ2n) is 5.10. The van der Waals surface area contributed by atoms with Gasteiger partial charge >= 0.3 is 0 Å². The van der Waals surface area contributed by atoms with Gasteiger partial charge < -0.3 is 5.32 Å². The minimum atomic E-state index is 0.324. The zero-order chi connectivity index (χ0) is 10.5. The fraction of sp³-hybridized carbons (Fsp3) is 1.00. The van der Waals surface area contributed by atoms with Crippen molar-refractivity contribution < 1.29 is 0 Å². The van der Waals surface area contributed by atoms with Crippen LogP contribution in [-0.2, 0) is 0 Å². The van der Waals surface area contributed by atoms with E-state index in [1.165, 1.54) is 12.8 Å². The minimum absolute atomic E-state index is 0.324. The summed E-state index contributed by atoms with van der Waals surface area (Å²) < 4.78 is 0. The fourth-order valence-electron chi connectivity index (χ4n) is 1.77. The summed E-state index contributed by atoms with van der Waals surface area (Å²) in [6.07, 6.45) is 2.49. The third kappa shape index (κ3) is 4.66. The summed E-state index contributed by atoms with van der Waals surface area (Å²) in [7, 11) is 0. The Labute approximate surface area is 84.3 Å². The molecule has 0 aromatic carbocycles. The van der Waals surface area contributed by atoms with Crippen molar-refractivity contribution >= 4 is 0 Å². The summed E-state index contributed by atoms with van der Waals surface area (Å²) in [6, 6.07) is 0. The smallest absolute Gasteiger partial charge is 0.0178 e. The molecule has 1 N–H and O–H groups in total. The summed E-state index contributed by atoms with van der Waals surface area (Å²) in [5, 5.41) is 3.68. The first kappa shape index (κ1) is 13.0. The number of nitrogens with one attached hydrogen (secondary N) is 1. The quantitative estimate of drug-likeness (QED) is 0.668. The van der Waals surface area contributed by atoms with Crippen molar-refractivity contribution in [1.82, 2.24) is 5.32 Å². The number of hydrogen-bond acceptors (Lipinski definition) is 1. The maximum absolute atomic E-state index is 3.68. The molecule has 0 aliphatic heterocycles. The van der Waals surface area contributed by atoms with E-state index in [-0.39, 0.29) is 0 Å². The van der Waals surface area contributed by atoms with Gasteiger partial charge in [-0.1, -0.05) is 34.6 Å². The summed E-state index contributed by atoms with van der Waals surface area (Å²) in [5.74, 6) is 1.48. The van der Waals surface area contributed by atoms with Gasteiger partial charge in [0, 0.05) is 5.54 Å². The molecule has 0 fully saturated rings. The summed E-state index contributed by atoms with van der Waals surface area (Å²) in [4.78, 5) is 0. The molecular weight excluding hydrogens is 158 g/mol. The van der Waals surface area contributed by atoms with Crippen LogP contribution in [0.15, 0.2) is 0 Å². The van der Waals surface area contributed by atoms with Crippen LogP contribution in [0.25, 0.3) is 0 Å². The van der Waals surface area contributed by atoms with Crippen LogP contribution in [-0.4, -0.2) is 12.1 Å². The predicted octanol–water partition coefficient (Wildman–Crippen LogP) is 3.45. The van der Waals surface area contributed by atoms with Crippen molar-refractivity contribution in [2.75, 3.05) is 6.54 Å². The Bertz CT molecular complexity index is 129. The van der Waals surface area contributed by atoms with Gasteiger partial charge in [-0.05, 0) is 38.1 Å². The predicted molar refractivity (Wildman–Crippen MR) is 61.0 cm³/mol. The van der Waals surface area contributed by atoms with E-state index in [1.807, 2.05) is 0 Å². The van der Waals surface area contributed by atoms with E-state index < -0.39 is 0 Å². The van der Waals surface area contributed by atoms with E-state index in [9.17, 15) is 0 Å². The van der Waals surface area contributed by atoms with Crippen LogP contribution < -0.4 is 5.32 Å².